The van der Waals surface area contributed by atoms with Gasteiger partial charge >= 0.3 is 0 Å². The first kappa shape index (κ1) is 32.8. The van der Waals surface area contributed by atoms with Crippen LogP contribution in [0.15, 0.2) is 200 Å². The topological polar surface area (TPSA) is 57.1 Å². The van der Waals surface area contributed by atoms with E-state index in [4.69, 9.17) is 24.4 Å². The molecule has 0 N–H and O–H groups in total. The summed E-state index contributed by atoms with van der Waals surface area (Å²) in [6, 6.07) is 69.0. The van der Waals surface area contributed by atoms with E-state index in [1.54, 1.807) is 0 Å². The highest BCUT2D eigenvalue weighted by atomic mass is 16.6. The summed E-state index contributed by atoms with van der Waals surface area (Å²) in [5, 5.41) is 0. The van der Waals surface area contributed by atoms with Crippen LogP contribution in [-0.2, 0) is 5.41 Å². The molecule has 5 heteroatoms. The van der Waals surface area contributed by atoms with E-state index in [0.29, 0.717) is 46.0 Å². The van der Waals surface area contributed by atoms with Gasteiger partial charge < -0.3 is 9.47 Å². The van der Waals surface area contributed by atoms with E-state index in [2.05, 4.69) is 121 Å². The number of hydrogen-bond acceptors (Lipinski definition) is 5. The fourth-order valence-electron chi connectivity index (χ4n) is 8.59. The molecular formula is C52H33N3O2. The van der Waals surface area contributed by atoms with Crippen molar-refractivity contribution in [3.63, 3.8) is 0 Å². The first-order valence-electron chi connectivity index (χ1n) is 19.1. The number of ether oxygens (including phenoxy) is 2. The smallest absolute Gasteiger partial charge is 0.181 e. The second kappa shape index (κ2) is 13.3. The lowest BCUT2D eigenvalue weighted by atomic mass is 9.67. The molecule has 9 aromatic rings. The molecule has 2 aliphatic rings. The van der Waals surface area contributed by atoms with Crippen LogP contribution in [0.4, 0.5) is 0 Å². The Balaban J connectivity index is 1.09. The van der Waals surface area contributed by atoms with Gasteiger partial charge in [0.2, 0.25) is 0 Å². The molecule has 57 heavy (non-hydrogen) atoms. The number of aromatic nitrogens is 3. The van der Waals surface area contributed by atoms with Gasteiger partial charge in [0.1, 0.15) is 0 Å². The van der Waals surface area contributed by atoms with Gasteiger partial charge in [-0.1, -0.05) is 176 Å². The average molecular weight is 732 g/mol. The summed E-state index contributed by atoms with van der Waals surface area (Å²) in [7, 11) is 0. The number of rotatable bonds is 6. The first-order valence-corrected chi connectivity index (χ1v) is 19.1. The van der Waals surface area contributed by atoms with Gasteiger partial charge in [-0.25, -0.2) is 15.0 Å². The van der Waals surface area contributed by atoms with E-state index >= 15 is 0 Å². The molecule has 0 saturated carbocycles. The van der Waals surface area contributed by atoms with Crippen LogP contribution in [0, 0.1) is 0 Å². The molecule has 1 aliphatic carbocycles. The Morgan fingerprint density at radius 1 is 0.316 bits per heavy atom. The third-order valence-corrected chi connectivity index (χ3v) is 11.1. The molecule has 8 aromatic carbocycles. The van der Waals surface area contributed by atoms with E-state index in [1.165, 1.54) is 22.3 Å². The van der Waals surface area contributed by atoms with Gasteiger partial charge in [0.15, 0.2) is 40.5 Å². The maximum atomic E-state index is 7.01. The summed E-state index contributed by atoms with van der Waals surface area (Å²) in [4.78, 5) is 15.3. The highest BCUT2D eigenvalue weighted by molar-refractivity contribution is 5.89. The standard InChI is InChI=1S/C52H33N3O2/c1-5-18-34(19-6-1)38-26-13-14-28-40(38)50-53-49(35-20-7-2-8-21-35)54-51(55-50)41-29-17-31-45-48(41)57-47-33-44-42(32-46(47)56-45)39-27-15-16-30-43(39)52(44,36-22-9-3-10-23-36)37-24-11-4-12-25-37/h1-33H. The maximum absolute atomic E-state index is 7.01. The Morgan fingerprint density at radius 3 is 1.51 bits per heavy atom. The van der Waals surface area contributed by atoms with Crippen LogP contribution >= 0.6 is 0 Å². The van der Waals surface area contributed by atoms with E-state index < -0.39 is 5.41 Å². The van der Waals surface area contributed by atoms with Gasteiger partial charge in [-0.3, -0.25) is 0 Å². The van der Waals surface area contributed by atoms with Crippen LogP contribution < -0.4 is 9.47 Å². The normalized spacial score (nSPS) is 13.0. The zero-order valence-electron chi connectivity index (χ0n) is 30.7. The van der Waals surface area contributed by atoms with Crippen molar-refractivity contribution in [3.05, 3.63) is 222 Å². The van der Waals surface area contributed by atoms with Crippen molar-refractivity contribution in [3.8, 4) is 79.4 Å². The molecule has 0 spiro atoms. The monoisotopic (exact) mass is 731 g/mol. The maximum Gasteiger partial charge on any atom is 0.181 e. The summed E-state index contributed by atoms with van der Waals surface area (Å²) in [5.74, 6) is 4.06. The molecule has 2 heterocycles. The van der Waals surface area contributed by atoms with Crippen molar-refractivity contribution in [1.29, 1.82) is 0 Å². The van der Waals surface area contributed by atoms with Crippen LogP contribution in [0.3, 0.4) is 0 Å². The van der Waals surface area contributed by atoms with Crippen molar-refractivity contribution in [2.24, 2.45) is 0 Å². The molecule has 0 fully saturated rings. The molecule has 1 aromatic heterocycles. The molecule has 0 bridgehead atoms. The predicted molar refractivity (Wildman–Crippen MR) is 225 cm³/mol. The molecule has 1 aliphatic heterocycles. The van der Waals surface area contributed by atoms with Crippen molar-refractivity contribution in [1.82, 2.24) is 15.0 Å². The minimum Gasteiger partial charge on any atom is -0.449 e. The van der Waals surface area contributed by atoms with Gasteiger partial charge in [0.25, 0.3) is 0 Å². The highest BCUT2D eigenvalue weighted by Crippen LogP contribution is 2.60. The Labute approximate surface area is 330 Å². The fourth-order valence-corrected chi connectivity index (χ4v) is 8.59. The van der Waals surface area contributed by atoms with Crippen molar-refractivity contribution in [2.75, 3.05) is 0 Å². The molecule has 0 radical (unpaired) electrons. The third-order valence-electron chi connectivity index (χ3n) is 11.1. The molecular weight excluding hydrogens is 699 g/mol. The van der Waals surface area contributed by atoms with Crippen LogP contribution in [-0.4, -0.2) is 15.0 Å². The quantitative estimate of drug-likeness (QED) is 0.170. The van der Waals surface area contributed by atoms with Crippen molar-refractivity contribution < 1.29 is 9.47 Å². The summed E-state index contributed by atoms with van der Waals surface area (Å²) >= 11 is 0. The Hall–Kier alpha value is -7.63. The van der Waals surface area contributed by atoms with E-state index in [1.807, 2.05) is 78.9 Å². The zero-order chi connectivity index (χ0) is 37.8. The molecule has 0 saturated heterocycles. The second-order valence-corrected chi connectivity index (χ2v) is 14.3. The minimum atomic E-state index is -0.577. The molecule has 0 unspecified atom stereocenters. The van der Waals surface area contributed by atoms with E-state index in [9.17, 15) is 0 Å². The Morgan fingerprint density at radius 2 is 0.825 bits per heavy atom. The van der Waals surface area contributed by atoms with Crippen LogP contribution in [0.1, 0.15) is 22.3 Å². The predicted octanol–water partition coefficient (Wildman–Crippen LogP) is 12.8. The number of para-hydroxylation sites is 1. The summed E-state index contributed by atoms with van der Waals surface area (Å²) in [6.07, 6.45) is 0. The van der Waals surface area contributed by atoms with Crippen LogP contribution in [0.25, 0.3) is 56.4 Å². The molecule has 268 valence electrons. The fraction of sp³-hybridized carbons (Fsp3) is 0.0192. The van der Waals surface area contributed by atoms with Crippen molar-refractivity contribution in [2.45, 2.75) is 5.41 Å². The molecule has 0 amide bonds. The Bertz CT molecular complexity index is 2910. The number of hydrogen-bond donors (Lipinski definition) is 0. The van der Waals surface area contributed by atoms with Crippen molar-refractivity contribution >= 4 is 0 Å². The lowest BCUT2D eigenvalue weighted by Gasteiger charge is -2.34. The summed E-state index contributed by atoms with van der Waals surface area (Å²) in [6.45, 7) is 0. The second-order valence-electron chi connectivity index (χ2n) is 14.3. The van der Waals surface area contributed by atoms with Gasteiger partial charge in [0, 0.05) is 11.1 Å². The molecule has 5 nitrogen and oxygen atoms in total. The number of fused-ring (bicyclic) bond motifs is 5. The lowest BCUT2D eigenvalue weighted by Crippen LogP contribution is -2.28. The zero-order valence-corrected chi connectivity index (χ0v) is 30.7. The minimum absolute atomic E-state index is 0.488. The van der Waals surface area contributed by atoms with Crippen LogP contribution in [0.2, 0.25) is 0 Å². The first-order chi connectivity index (χ1) is 28.3. The van der Waals surface area contributed by atoms with Crippen LogP contribution in [0.5, 0.6) is 23.0 Å². The van der Waals surface area contributed by atoms with E-state index in [-0.39, 0.29) is 0 Å². The van der Waals surface area contributed by atoms with E-state index in [0.717, 1.165) is 33.4 Å². The Kier molecular flexibility index (Phi) is 7.64. The van der Waals surface area contributed by atoms with Gasteiger partial charge in [-0.05, 0) is 68.8 Å². The molecule has 11 rings (SSSR count). The van der Waals surface area contributed by atoms with Gasteiger partial charge in [-0.15, -0.1) is 0 Å². The molecule has 0 atom stereocenters. The average Bonchev–Trinajstić information content (AvgIpc) is 3.58. The SMILES string of the molecule is c1ccc(-c2nc(-c3ccccc3-c3ccccc3)nc(-c3cccc4c3Oc3cc5c(cc3O4)-c3ccccc3C5(c3ccccc3)c3ccccc3)n2)cc1. The summed E-state index contributed by atoms with van der Waals surface area (Å²) < 4.78 is 13.8. The number of benzene rings is 8. The van der Waals surface area contributed by atoms with Gasteiger partial charge in [0.05, 0.1) is 11.0 Å². The largest absolute Gasteiger partial charge is 0.449 e. The summed E-state index contributed by atoms with van der Waals surface area (Å²) in [5.41, 5.74) is 11.1. The third kappa shape index (κ3) is 5.28. The van der Waals surface area contributed by atoms with Gasteiger partial charge in [-0.2, -0.15) is 0 Å². The number of nitrogens with zero attached hydrogens (tertiary/aromatic N) is 3. The highest BCUT2D eigenvalue weighted by Gasteiger charge is 2.47. The lowest BCUT2D eigenvalue weighted by molar-refractivity contribution is 0.360.